The first kappa shape index (κ1) is 13.9. The van der Waals surface area contributed by atoms with Gasteiger partial charge in [0.1, 0.15) is 0 Å². The van der Waals surface area contributed by atoms with Crippen molar-refractivity contribution in [2.24, 2.45) is 0 Å². The molecule has 16 heavy (non-hydrogen) atoms. The largest absolute Gasteiger partial charge is 0.383 e. The molecule has 1 rings (SSSR count). The van der Waals surface area contributed by atoms with Gasteiger partial charge in [0.05, 0.1) is 25.9 Å². The summed E-state index contributed by atoms with van der Waals surface area (Å²) in [4.78, 5) is 0. The van der Waals surface area contributed by atoms with Crippen molar-refractivity contribution in [2.45, 2.75) is 31.8 Å². The van der Waals surface area contributed by atoms with E-state index >= 15 is 0 Å². The van der Waals surface area contributed by atoms with Crippen molar-refractivity contribution in [3.63, 3.8) is 0 Å². The van der Waals surface area contributed by atoms with Crippen LogP contribution in [0.2, 0.25) is 0 Å². The van der Waals surface area contributed by atoms with Gasteiger partial charge in [0.2, 0.25) is 0 Å². The second-order valence-electron chi connectivity index (χ2n) is 3.99. The van der Waals surface area contributed by atoms with Crippen LogP contribution >= 0.6 is 0 Å². The van der Waals surface area contributed by atoms with Crippen LogP contribution < -0.4 is 5.32 Å². The SMILES string of the molecule is COCCOC(C)OC1CNC(COC)C1. The molecule has 3 unspecified atom stereocenters. The van der Waals surface area contributed by atoms with E-state index in [1.54, 1.807) is 14.2 Å². The predicted molar refractivity (Wildman–Crippen MR) is 60.4 cm³/mol. The van der Waals surface area contributed by atoms with Crippen LogP contribution in [0, 0.1) is 0 Å². The normalized spacial score (nSPS) is 27.2. The van der Waals surface area contributed by atoms with Crippen LogP contribution in [0.15, 0.2) is 0 Å². The van der Waals surface area contributed by atoms with Gasteiger partial charge in [0.25, 0.3) is 0 Å². The van der Waals surface area contributed by atoms with Crippen LogP contribution in [0.4, 0.5) is 0 Å². The molecule has 1 saturated heterocycles. The average molecular weight is 233 g/mol. The van der Waals surface area contributed by atoms with Crippen molar-refractivity contribution >= 4 is 0 Å². The Balaban J connectivity index is 2.08. The van der Waals surface area contributed by atoms with Crippen molar-refractivity contribution in [1.82, 2.24) is 5.32 Å². The third-order valence-corrected chi connectivity index (χ3v) is 2.57. The molecule has 0 saturated carbocycles. The van der Waals surface area contributed by atoms with E-state index in [2.05, 4.69) is 5.32 Å². The Labute approximate surface area is 97.4 Å². The maximum atomic E-state index is 5.74. The summed E-state index contributed by atoms with van der Waals surface area (Å²) in [6, 6.07) is 0.404. The molecular formula is C11H23NO4. The highest BCUT2D eigenvalue weighted by molar-refractivity contribution is 4.82. The van der Waals surface area contributed by atoms with Crippen LogP contribution in [0.3, 0.4) is 0 Å². The predicted octanol–water partition coefficient (Wildman–Crippen LogP) is 0.389. The molecule has 96 valence electrons. The fourth-order valence-electron chi connectivity index (χ4n) is 1.82. The molecule has 0 aromatic carbocycles. The summed E-state index contributed by atoms with van der Waals surface area (Å²) in [6.07, 6.45) is 1.02. The number of hydrogen-bond acceptors (Lipinski definition) is 5. The molecule has 1 fully saturated rings. The number of rotatable bonds is 8. The number of nitrogens with one attached hydrogen (secondary N) is 1. The Morgan fingerprint density at radius 2 is 2.06 bits per heavy atom. The van der Waals surface area contributed by atoms with Gasteiger partial charge in [-0.05, 0) is 13.3 Å². The molecule has 0 aromatic heterocycles. The number of methoxy groups -OCH3 is 2. The van der Waals surface area contributed by atoms with E-state index in [-0.39, 0.29) is 12.4 Å². The molecule has 1 heterocycles. The Morgan fingerprint density at radius 3 is 2.75 bits per heavy atom. The third kappa shape index (κ3) is 5.23. The lowest BCUT2D eigenvalue weighted by Gasteiger charge is -2.18. The molecule has 0 bridgehead atoms. The highest BCUT2D eigenvalue weighted by Crippen LogP contribution is 2.13. The summed E-state index contributed by atoms with van der Waals surface area (Å²) in [5.74, 6) is 0. The Hall–Kier alpha value is -0.200. The van der Waals surface area contributed by atoms with Crippen molar-refractivity contribution in [1.29, 1.82) is 0 Å². The van der Waals surface area contributed by atoms with E-state index in [1.165, 1.54) is 0 Å². The van der Waals surface area contributed by atoms with E-state index in [0.717, 1.165) is 19.6 Å². The molecule has 3 atom stereocenters. The molecule has 1 aliphatic heterocycles. The van der Waals surface area contributed by atoms with Gasteiger partial charge >= 0.3 is 0 Å². The van der Waals surface area contributed by atoms with Gasteiger partial charge < -0.3 is 24.3 Å². The summed E-state index contributed by atoms with van der Waals surface area (Å²) in [7, 11) is 3.37. The van der Waals surface area contributed by atoms with Crippen LogP contribution in [0.25, 0.3) is 0 Å². The van der Waals surface area contributed by atoms with Gasteiger partial charge in [-0.15, -0.1) is 0 Å². The Bertz CT molecular complexity index is 179. The first-order valence-corrected chi connectivity index (χ1v) is 5.74. The van der Waals surface area contributed by atoms with E-state index in [4.69, 9.17) is 18.9 Å². The lowest BCUT2D eigenvalue weighted by molar-refractivity contribution is -0.161. The van der Waals surface area contributed by atoms with Crippen molar-refractivity contribution in [3.8, 4) is 0 Å². The zero-order valence-corrected chi connectivity index (χ0v) is 10.4. The summed E-state index contributed by atoms with van der Waals surface area (Å²) in [5, 5.41) is 3.35. The first-order chi connectivity index (χ1) is 7.76. The highest BCUT2D eigenvalue weighted by atomic mass is 16.7. The Kier molecular flexibility index (Phi) is 6.91. The second kappa shape index (κ2) is 7.97. The van der Waals surface area contributed by atoms with Crippen molar-refractivity contribution in [2.75, 3.05) is 40.6 Å². The molecule has 0 aliphatic carbocycles. The zero-order chi connectivity index (χ0) is 11.8. The molecule has 0 spiro atoms. The molecule has 0 aromatic rings. The van der Waals surface area contributed by atoms with Crippen LogP contribution in [-0.2, 0) is 18.9 Å². The van der Waals surface area contributed by atoms with E-state index < -0.39 is 0 Å². The molecule has 5 heteroatoms. The summed E-state index contributed by atoms with van der Waals surface area (Å²) in [5.41, 5.74) is 0. The van der Waals surface area contributed by atoms with E-state index in [9.17, 15) is 0 Å². The Morgan fingerprint density at radius 1 is 1.25 bits per heavy atom. The van der Waals surface area contributed by atoms with Gasteiger partial charge in [-0.25, -0.2) is 0 Å². The lowest BCUT2D eigenvalue weighted by atomic mass is 10.2. The standard InChI is InChI=1S/C11H23NO4/c1-9(15-5-4-13-2)16-11-6-10(8-14-3)12-7-11/h9-12H,4-8H2,1-3H3. The fourth-order valence-corrected chi connectivity index (χ4v) is 1.82. The minimum Gasteiger partial charge on any atom is -0.383 e. The highest BCUT2D eigenvalue weighted by Gasteiger charge is 2.25. The minimum absolute atomic E-state index is 0.178. The minimum atomic E-state index is -0.178. The van der Waals surface area contributed by atoms with Gasteiger partial charge in [0.15, 0.2) is 6.29 Å². The topological polar surface area (TPSA) is 49.0 Å². The van der Waals surface area contributed by atoms with Gasteiger partial charge in [-0.2, -0.15) is 0 Å². The maximum absolute atomic E-state index is 5.74. The van der Waals surface area contributed by atoms with Crippen LogP contribution in [-0.4, -0.2) is 59.0 Å². The zero-order valence-electron chi connectivity index (χ0n) is 10.4. The smallest absolute Gasteiger partial charge is 0.155 e. The quantitative estimate of drug-likeness (QED) is 0.485. The number of ether oxygens (including phenoxy) is 4. The van der Waals surface area contributed by atoms with Crippen molar-refractivity contribution in [3.05, 3.63) is 0 Å². The van der Waals surface area contributed by atoms with Crippen LogP contribution in [0.5, 0.6) is 0 Å². The molecule has 0 radical (unpaired) electrons. The summed E-state index contributed by atoms with van der Waals surface area (Å²) >= 11 is 0. The molecular weight excluding hydrogens is 210 g/mol. The monoisotopic (exact) mass is 233 g/mol. The van der Waals surface area contributed by atoms with E-state index in [0.29, 0.717) is 19.3 Å². The van der Waals surface area contributed by atoms with Crippen molar-refractivity contribution < 1.29 is 18.9 Å². The van der Waals surface area contributed by atoms with Crippen LogP contribution in [0.1, 0.15) is 13.3 Å². The van der Waals surface area contributed by atoms with E-state index in [1.807, 2.05) is 6.92 Å². The fraction of sp³-hybridized carbons (Fsp3) is 1.00. The summed E-state index contributed by atoms with van der Waals surface area (Å²) in [6.45, 7) is 4.69. The number of hydrogen-bond donors (Lipinski definition) is 1. The summed E-state index contributed by atoms with van der Waals surface area (Å²) < 4.78 is 21.2. The van der Waals surface area contributed by atoms with Gasteiger partial charge in [-0.3, -0.25) is 0 Å². The van der Waals surface area contributed by atoms with Gasteiger partial charge in [0, 0.05) is 26.8 Å². The maximum Gasteiger partial charge on any atom is 0.155 e. The average Bonchev–Trinajstić information content (AvgIpc) is 2.66. The molecule has 1 N–H and O–H groups in total. The molecule has 5 nitrogen and oxygen atoms in total. The lowest BCUT2D eigenvalue weighted by Crippen LogP contribution is -2.26. The second-order valence-corrected chi connectivity index (χ2v) is 3.99. The molecule has 1 aliphatic rings. The van der Waals surface area contributed by atoms with Gasteiger partial charge in [-0.1, -0.05) is 0 Å². The third-order valence-electron chi connectivity index (χ3n) is 2.57. The molecule has 0 amide bonds. The first-order valence-electron chi connectivity index (χ1n) is 5.74.